The molecule has 0 saturated heterocycles. The van der Waals surface area contributed by atoms with Crippen LogP contribution < -0.4 is 11.4 Å². The first kappa shape index (κ1) is 9.35. The molecule has 0 unspecified atom stereocenters. The molecule has 0 aromatic heterocycles. The second kappa shape index (κ2) is 4.21. The number of hydrazone groups is 1. The van der Waals surface area contributed by atoms with E-state index in [1.807, 2.05) is 0 Å². The molecule has 5 nitrogen and oxygen atoms in total. The average Bonchev–Trinajstić information content (AvgIpc) is 2.34. The van der Waals surface area contributed by atoms with Crippen LogP contribution in [0.15, 0.2) is 5.10 Å². The van der Waals surface area contributed by atoms with Crippen molar-refractivity contribution in [1.82, 2.24) is 10.7 Å². The summed E-state index contributed by atoms with van der Waals surface area (Å²) in [6.07, 6.45) is 2.07. The first-order valence-electron chi connectivity index (χ1n) is 3.17. The van der Waals surface area contributed by atoms with Crippen LogP contribution in [0, 0.1) is 0 Å². The molecule has 0 aromatic rings. The Kier molecular flexibility index (Phi) is 3.94. The van der Waals surface area contributed by atoms with Crippen molar-refractivity contribution in [3.63, 3.8) is 0 Å². The summed E-state index contributed by atoms with van der Waals surface area (Å²) >= 11 is 0. The molecule has 0 saturated carbocycles. The molecule has 0 aliphatic carbocycles. The highest BCUT2D eigenvalue weighted by Crippen LogP contribution is 2.03. The van der Waals surface area contributed by atoms with E-state index in [1.165, 1.54) is 5.71 Å². The van der Waals surface area contributed by atoms with Gasteiger partial charge in [-0.15, -0.1) is 0 Å². The minimum atomic E-state index is 0. The van der Waals surface area contributed by atoms with Crippen molar-refractivity contribution in [1.29, 1.82) is 0 Å². The topological polar surface area (TPSA) is 85.2 Å². The maximum Gasteiger partial charge on any atom is 0.0600 e. The summed E-state index contributed by atoms with van der Waals surface area (Å²) in [7, 11) is 0. The van der Waals surface area contributed by atoms with Gasteiger partial charge in [0, 0.05) is 12.1 Å². The van der Waals surface area contributed by atoms with Crippen LogP contribution in [-0.2, 0) is 0 Å². The number of hydrazine groups is 2. The molecule has 10 heavy (non-hydrogen) atoms. The van der Waals surface area contributed by atoms with Gasteiger partial charge < -0.3 is 5.48 Å². The largest absolute Gasteiger partial charge is 0.412 e. The maximum absolute atomic E-state index is 5.12. The highest BCUT2D eigenvalue weighted by Gasteiger charge is 2.09. The molecular formula is C5H14N4O. The van der Waals surface area contributed by atoms with Crippen molar-refractivity contribution in [3.05, 3.63) is 0 Å². The summed E-state index contributed by atoms with van der Waals surface area (Å²) in [5.74, 6) is 5.12. The van der Waals surface area contributed by atoms with E-state index in [0.29, 0.717) is 0 Å². The van der Waals surface area contributed by atoms with Crippen molar-refractivity contribution in [2.75, 3.05) is 6.54 Å². The number of hydrogen-bond donors (Lipinski definition) is 2. The zero-order valence-electron chi connectivity index (χ0n) is 6.09. The van der Waals surface area contributed by atoms with Gasteiger partial charge in [0.2, 0.25) is 0 Å². The van der Waals surface area contributed by atoms with Gasteiger partial charge in [-0.2, -0.15) is 10.6 Å². The predicted octanol–water partition coefficient (Wildman–Crippen LogP) is -0.988. The van der Waals surface area contributed by atoms with Crippen molar-refractivity contribution < 1.29 is 5.48 Å². The fourth-order valence-corrected chi connectivity index (χ4v) is 0.847. The fourth-order valence-electron chi connectivity index (χ4n) is 0.847. The lowest BCUT2D eigenvalue weighted by molar-refractivity contribution is 0.222. The second-order valence-electron chi connectivity index (χ2n) is 2.02. The zero-order chi connectivity index (χ0) is 6.69. The molecule has 0 fully saturated rings. The average molecular weight is 146 g/mol. The van der Waals surface area contributed by atoms with Gasteiger partial charge >= 0.3 is 0 Å². The Morgan fingerprint density at radius 2 is 2.50 bits per heavy atom. The van der Waals surface area contributed by atoms with E-state index < -0.39 is 0 Å². The van der Waals surface area contributed by atoms with Crippen molar-refractivity contribution >= 4 is 5.71 Å². The highest BCUT2D eigenvalue weighted by atomic mass is 16.0. The minimum absolute atomic E-state index is 0. The molecular weight excluding hydrogens is 132 g/mol. The molecule has 60 valence electrons. The molecule has 0 aromatic carbocycles. The first-order valence-corrected chi connectivity index (χ1v) is 3.17. The van der Waals surface area contributed by atoms with E-state index in [9.17, 15) is 0 Å². The van der Waals surface area contributed by atoms with Gasteiger partial charge in [-0.3, -0.25) is 5.84 Å². The molecule has 1 rings (SSSR count). The van der Waals surface area contributed by atoms with Crippen LogP contribution in [0.25, 0.3) is 0 Å². The van der Waals surface area contributed by atoms with E-state index in [0.717, 1.165) is 19.4 Å². The van der Waals surface area contributed by atoms with Gasteiger partial charge in [0.05, 0.1) is 6.54 Å². The normalized spacial score (nSPS) is 16.6. The van der Waals surface area contributed by atoms with Crippen molar-refractivity contribution in [3.8, 4) is 0 Å². The minimum Gasteiger partial charge on any atom is -0.412 e. The van der Waals surface area contributed by atoms with Crippen LogP contribution in [-0.4, -0.2) is 22.9 Å². The molecule has 0 bridgehead atoms. The second-order valence-corrected chi connectivity index (χ2v) is 2.02. The van der Waals surface area contributed by atoms with Gasteiger partial charge in [-0.05, 0) is 6.42 Å². The Balaban J connectivity index is 0.000000810. The molecule has 5 N–H and O–H groups in total. The summed E-state index contributed by atoms with van der Waals surface area (Å²) in [5.41, 5.74) is 3.69. The lowest BCUT2D eigenvalue weighted by Gasteiger charge is -2.08. The fraction of sp³-hybridized carbons (Fsp3) is 0.800. The molecule has 0 atom stereocenters. The van der Waals surface area contributed by atoms with Crippen molar-refractivity contribution in [2.24, 2.45) is 10.9 Å². The van der Waals surface area contributed by atoms with Gasteiger partial charge in [-0.1, -0.05) is 6.92 Å². The molecule has 0 spiro atoms. The third kappa shape index (κ3) is 1.94. The number of nitrogens with zero attached hydrogens (tertiary/aromatic N) is 2. The van der Waals surface area contributed by atoms with E-state index in [1.54, 1.807) is 5.12 Å². The summed E-state index contributed by atoms with van der Waals surface area (Å²) in [6, 6.07) is 0. The highest BCUT2D eigenvalue weighted by molar-refractivity contribution is 5.85. The summed E-state index contributed by atoms with van der Waals surface area (Å²) in [5, 5.41) is 5.79. The van der Waals surface area contributed by atoms with E-state index in [2.05, 4.69) is 17.6 Å². The van der Waals surface area contributed by atoms with E-state index >= 15 is 0 Å². The number of hydrogen-bond acceptors (Lipinski definition) is 4. The molecule has 1 heterocycles. The lowest BCUT2D eigenvalue weighted by Crippen LogP contribution is -2.37. The first-order chi connectivity index (χ1) is 4.36. The van der Waals surface area contributed by atoms with Gasteiger partial charge in [0.1, 0.15) is 0 Å². The summed E-state index contributed by atoms with van der Waals surface area (Å²) in [4.78, 5) is 0. The molecule has 5 heteroatoms. The Labute approximate surface area is 60.1 Å². The summed E-state index contributed by atoms with van der Waals surface area (Å²) in [6.45, 7) is 3.00. The van der Waals surface area contributed by atoms with E-state index in [4.69, 9.17) is 5.84 Å². The van der Waals surface area contributed by atoms with Crippen molar-refractivity contribution in [2.45, 2.75) is 19.8 Å². The van der Waals surface area contributed by atoms with Crippen LogP contribution in [0.2, 0.25) is 0 Å². The number of rotatable bonds is 2. The smallest absolute Gasteiger partial charge is 0.0600 e. The van der Waals surface area contributed by atoms with Crippen LogP contribution >= 0.6 is 0 Å². The Morgan fingerprint density at radius 3 is 2.80 bits per heavy atom. The van der Waals surface area contributed by atoms with Gasteiger partial charge in [0.25, 0.3) is 0 Å². The molecule has 0 radical (unpaired) electrons. The van der Waals surface area contributed by atoms with E-state index in [-0.39, 0.29) is 5.48 Å². The molecule has 0 amide bonds. The van der Waals surface area contributed by atoms with Crippen LogP contribution in [0.4, 0.5) is 0 Å². The standard InChI is InChI=1S/C5H12N4.H2O/c1-2-5-3-4-9(7-5)8-6;/h8H,2-4,6H2,1H3;1H2. The van der Waals surface area contributed by atoms with Gasteiger partial charge in [-0.25, -0.2) is 5.12 Å². The zero-order valence-corrected chi connectivity index (χ0v) is 6.09. The monoisotopic (exact) mass is 146 g/mol. The van der Waals surface area contributed by atoms with Crippen LogP contribution in [0.5, 0.6) is 0 Å². The predicted molar refractivity (Wildman–Crippen MR) is 40.0 cm³/mol. The quantitative estimate of drug-likeness (QED) is 0.387. The Hall–Kier alpha value is -0.650. The molecule has 1 aliphatic heterocycles. The number of nitrogens with two attached hydrogens (primary N) is 1. The summed E-state index contributed by atoms with van der Waals surface area (Å²) < 4.78 is 0. The third-order valence-electron chi connectivity index (χ3n) is 1.43. The third-order valence-corrected chi connectivity index (χ3v) is 1.43. The van der Waals surface area contributed by atoms with Crippen LogP contribution in [0.1, 0.15) is 19.8 Å². The Morgan fingerprint density at radius 1 is 1.80 bits per heavy atom. The van der Waals surface area contributed by atoms with Gasteiger partial charge in [0.15, 0.2) is 0 Å². The lowest BCUT2D eigenvalue weighted by atomic mass is 10.2. The molecule has 1 aliphatic rings. The van der Waals surface area contributed by atoms with Crippen LogP contribution in [0.3, 0.4) is 0 Å². The Bertz CT molecular complexity index is 125. The SMILES string of the molecule is CCC1=NN(NN)CC1.O. The maximum atomic E-state index is 5.12. The number of nitrogens with one attached hydrogen (secondary N) is 1.